The lowest BCUT2D eigenvalue weighted by molar-refractivity contribution is -0.137. The molecule has 1 aromatic heterocycles. The Hall–Kier alpha value is -2.42. The van der Waals surface area contributed by atoms with Crippen molar-refractivity contribution in [3.8, 4) is 11.5 Å². The van der Waals surface area contributed by atoms with Crippen LogP contribution in [0.4, 0.5) is 13.2 Å². The fraction of sp³-hybridized carbons (Fsp3) is 0.294. The topological polar surface area (TPSA) is 60.5 Å². The maximum absolute atomic E-state index is 12.5. The predicted molar refractivity (Wildman–Crippen MR) is 91.4 cm³/mol. The number of methoxy groups -OCH3 is 2. The SMILES string of the molecule is COc1ccc(CNC(=O)CSc2ccc(C(F)(F)F)cn2)cc1OC. The molecule has 0 spiro atoms. The Kier molecular flexibility index (Phi) is 6.73. The van der Waals surface area contributed by atoms with Crippen molar-refractivity contribution >= 4 is 17.7 Å². The molecule has 0 saturated heterocycles. The van der Waals surface area contributed by atoms with Gasteiger partial charge in [-0.05, 0) is 29.8 Å². The summed E-state index contributed by atoms with van der Waals surface area (Å²) in [5, 5.41) is 3.08. The number of pyridine rings is 1. The fourth-order valence-electron chi connectivity index (χ4n) is 2.02. The fourth-order valence-corrected chi connectivity index (χ4v) is 2.69. The molecule has 0 atom stereocenters. The smallest absolute Gasteiger partial charge is 0.417 e. The van der Waals surface area contributed by atoms with Gasteiger partial charge in [-0.1, -0.05) is 17.8 Å². The van der Waals surface area contributed by atoms with Crippen molar-refractivity contribution in [3.63, 3.8) is 0 Å². The van der Waals surface area contributed by atoms with Crippen molar-refractivity contribution in [3.05, 3.63) is 47.7 Å². The lowest BCUT2D eigenvalue weighted by Gasteiger charge is -2.10. The number of benzene rings is 1. The number of alkyl halides is 3. The van der Waals surface area contributed by atoms with Crippen molar-refractivity contribution in [2.45, 2.75) is 17.7 Å². The van der Waals surface area contributed by atoms with Gasteiger partial charge in [-0.3, -0.25) is 4.79 Å². The highest BCUT2D eigenvalue weighted by molar-refractivity contribution is 7.99. The van der Waals surface area contributed by atoms with Crippen LogP contribution in [-0.2, 0) is 17.5 Å². The third kappa shape index (κ3) is 5.55. The number of amides is 1. The zero-order chi connectivity index (χ0) is 19.2. The normalized spacial score (nSPS) is 11.1. The van der Waals surface area contributed by atoms with Crippen LogP contribution in [0.25, 0.3) is 0 Å². The van der Waals surface area contributed by atoms with Crippen LogP contribution in [0, 0.1) is 0 Å². The molecule has 2 rings (SSSR count). The number of hydrogen-bond donors (Lipinski definition) is 1. The van der Waals surface area contributed by atoms with E-state index in [-0.39, 0.29) is 11.7 Å². The Bertz CT molecular complexity index is 752. The second-order valence-corrected chi connectivity index (χ2v) is 6.13. The molecule has 0 fully saturated rings. The number of hydrogen-bond acceptors (Lipinski definition) is 5. The third-order valence-corrected chi connectivity index (χ3v) is 4.30. The molecule has 26 heavy (non-hydrogen) atoms. The Morgan fingerprint density at radius 1 is 1.15 bits per heavy atom. The second-order valence-electron chi connectivity index (χ2n) is 5.14. The van der Waals surface area contributed by atoms with E-state index in [0.717, 1.165) is 29.6 Å². The number of carbonyl (C=O) groups excluding carboxylic acids is 1. The number of aromatic nitrogens is 1. The monoisotopic (exact) mass is 386 g/mol. The molecule has 0 aliphatic rings. The van der Waals surface area contributed by atoms with Crippen molar-refractivity contribution < 1.29 is 27.4 Å². The molecule has 1 heterocycles. The Morgan fingerprint density at radius 2 is 1.88 bits per heavy atom. The van der Waals surface area contributed by atoms with Crippen molar-refractivity contribution in [2.24, 2.45) is 0 Å². The van der Waals surface area contributed by atoms with Gasteiger partial charge in [0.15, 0.2) is 11.5 Å². The molecule has 1 N–H and O–H groups in total. The van der Waals surface area contributed by atoms with Crippen LogP contribution in [0.3, 0.4) is 0 Å². The number of carbonyl (C=O) groups is 1. The standard InChI is InChI=1S/C17H17F3N2O3S/c1-24-13-5-3-11(7-14(13)25-2)8-21-15(23)10-26-16-6-4-12(9-22-16)17(18,19)20/h3-7,9H,8,10H2,1-2H3,(H,21,23). The summed E-state index contributed by atoms with van der Waals surface area (Å²) in [7, 11) is 3.06. The van der Waals surface area contributed by atoms with E-state index in [1.807, 2.05) is 0 Å². The summed E-state index contributed by atoms with van der Waals surface area (Å²) in [6.07, 6.45) is -3.67. The number of nitrogens with zero attached hydrogens (tertiary/aromatic N) is 1. The molecule has 0 unspecified atom stereocenters. The molecule has 140 valence electrons. The molecule has 1 amide bonds. The van der Waals surface area contributed by atoms with Crippen LogP contribution in [0.15, 0.2) is 41.6 Å². The minimum absolute atomic E-state index is 0.0473. The lowest BCUT2D eigenvalue weighted by Crippen LogP contribution is -2.24. The molecule has 0 saturated carbocycles. The van der Waals surface area contributed by atoms with E-state index in [9.17, 15) is 18.0 Å². The minimum atomic E-state index is -4.42. The summed E-state index contributed by atoms with van der Waals surface area (Å²) in [6.45, 7) is 0.292. The summed E-state index contributed by atoms with van der Waals surface area (Å²) >= 11 is 1.06. The molecular formula is C17H17F3N2O3S. The molecular weight excluding hydrogens is 369 g/mol. The third-order valence-electron chi connectivity index (χ3n) is 3.35. The van der Waals surface area contributed by atoms with Gasteiger partial charge in [0.1, 0.15) is 0 Å². The van der Waals surface area contributed by atoms with E-state index in [2.05, 4.69) is 10.3 Å². The Labute approximate surface area is 152 Å². The average molecular weight is 386 g/mol. The van der Waals surface area contributed by atoms with E-state index in [1.54, 1.807) is 18.2 Å². The number of halogens is 3. The number of rotatable bonds is 7. The van der Waals surface area contributed by atoms with Gasteiger partial charge in [0.05, 0.1) is 30.6 Å². The van der Waals surface area contributed by atoms with E-state index in [1.165, 1.54) is 20.3 Å². The second kappa shape index (κ2) is 8.79. The highest BCUT2D eigenvalue weighted by Crippen LogP contribution is 2.29. The van der Waals surface area contributed by atoms with Gasteiger partial charge in [0.2, 0.25) is 5.91 Å². The first-order chi connectivity index (χ1) is 12.3. The Balaban J connectivity index is 1.84. The molecule has 0 radical (unpaired) electrons. The highest BCUT2D eigenvalue weighted by atomic mass is 32.2. The van der Waals surface area contributed by atoms with Gasteiger partial charge >= 0.3 is 6.18 Å². The van der Waals surface area contributed by atoms with Gasteiger partial charge in [0.25, 0.3) is 0 Å². The minimum Gasteiger partial charge on any atom is -0.493 e. The lowest BCUT2D eigenvalue weighted by atomic mass is 10.2. The highest BCUT2D eigenvalue weighted by Gasteiger charge is 2.30. The van der Waals surface area contributed by atoms with E-state index >= 15 is 0 Å². The van der Waals surface area contributed by atoms with E-state index < -0.39 is 11.7 Å². The molecule has 0 bridgehead atoms. The largest absolute Gasteiger partial charge is 0.493 e. The van der Waals surface area contributed by atoms with Crippen LogP contribution >= 0.6 is 11.8 Å². The Morgan fingerprint density at radius 3 is 2.46 bits per heavy atom. The van der Waals surface area contributed by atoms with Crippen LogP contribution in [-0.4, -0.2) is 30.9 Å². The molecule has 2 aromatic rings. The number of nitrogens with one attached hydrogen (secondary N) is 1. The van der Waals surface area contributed by atoms with Gasteiger partial charge < -0.3 is 14.8 Å². The van der Waals surface area contributed by atoms with Crippen LogP contribution < -0.4 is 14.8 Å². The molecule has 0 aliphatic heterocycles. The van der Waals surface area contributed by atoms with Gasteiger partial charge in [0, 0.05) is 12.7 Å². The zero-order valence-electron chi connectivity index (χ0n) is 14.1. The quantitative estimate of drug-likeness (QED) is 0.738. The van der Waals surface area contributed by atoms with E-state index in [0.29, 0.717) is 23.1 Å². The number of thioether (sulfide) groups is 1. The summed E-state index contributed by atoms with van der Waals surface area (Å²) in [5.41, 5.74) is 0.00779. The summed E-state index contributed by atoms with van der Waals surface area (Å²) in [6, 6.07) is 7.48. The maximum atomic E-state index is 12.5. The van der Waals surface area contributed by atoms with Gasteiger partial charge in [-0.15, -0.1) is 0 Å². The van der Waals surface area contributed by atoms with E-state index in [4.69, 9.17) is 9.47 Å². The first-order valence-electron chi connectivity index (χ1n) is 7.47. The summed E-state index contributed by atoms with van der Waals surface area (Å²) in [5.74, 6) is 0.937. The van der Waals surface area contributed by atoms with Crippen molar-refractivity contribution in [1.82, 2.24) is 10.3 Å². The summed E-state index contributed by atoms with van der Waals surface area (Å²) in [4.78, 5) is 15.6. The van der Waals surface area contributed by atoms with Crippen molar-refractivity contribution in [1.29, 1.82) is 0 Å². The molecule has 1 aromatic carbocycles. The molecule has 9 heteroatoms. The van der Waals surface area contributed by atoms with Crippen LogP contribution in [0.1, 0.15) is 11.1 Å². The first kappa shape index (κ1) is 19.9. The predicted octanol–water partition coefficient (Wildman–Crippen LogP) is 3.53. The molecule has 5 nitrogen and oxygen atoms in total. The van der Waals surface area contributed by atoms with Crippen LogP contribution in [0.5, 0.6) is 11.5 Å². The van der Waals surface area contributed by atoms with Crippen LogP contribution in [0.2, 0.25) is 0 Å². The molecule has 0 aliphatic carbocycles. The number of ether oxygens (including phenoxy) is 2. The average Bonchev–Trinajstić information content (AvgIpc) is 2.64. The first-order valence-corrected chi connectivity index (χ1v) is 8.45. The summed E-state index contributed by atoms with van der Waals surface area (Å²) < 4.78 is 47.7. The van der Waals surface area contributed by atoms with Gasteiger partial charge in [-0.2, -0.15) is 13.2 Å². The van der Waals surface area contributed by atoms with Crippen molar-refractivity contribution in [2.75, 3.05) is 20.0 Å². The zero-order valence-corrected chi connectivity index (χ0v) is 14.9. The van der Waals surface area contributed by atoms with Gasteiger partial charge in [-0.25, -0.2) is 4.98 Å². The maximum Gasteiger partial charge on any atom is 0.417 e.